The monoisotopic (exact) mass is 751 g/mol. The van der Waals surface area contributed by atoms with Crippen molar-refractivity contribution in [1.82, 2.24) is 0 Å². The molecule has 4 heteroatoms. The van der Waals surface area contributed by atoms with Crippen LogP contribution < -0.4 is 20.0 Å². The molecule has 1 fully saturated rings. The minimum absolute atomic E-state index is 0.225. The van der Waals surface area contributed by atoms with Gasteiger partial charge in [0, 0.05) is 41.2 Å². The number of pyridine rings is 1. The van der Waals surface area contributed by atoms with Gasteiger partial charge in [-0.1, -0.05) is 146 Å². The van der Waals surface area contributed by atoms with Gasteiger partial charge >= 0.3 is 0 Å². The summed E-state index contributed by atoms with van der Waals surface area (Å²) in [5.74, 6) is 1.81. The Bertz CT molecular complexity index is 2000. The van der Waals surface area contributed by atoms with E-state index in [2.05, 4.69) is 174 Å². The molecule has 2 heterocycles. The number of aromatic nitrogens is 1. The van der Waals surface area contributed by atoms with E-state index in [1.165, 1.54) is 71.3 Å². The number of hydrogen-bond donors (Lipinski definition) is 1. The Morgan fingerprint density at radius 1 is 0.873 bits per heavy atom. The number of fused-ring (bicyclic) bond motifs is 3. The number of para-hydroxylation sites is 3. The second-order valence-electron chi connectivity index (χ2n) is 18.1. The maximum Gasteiger partial charge on any atom is 0.213 e. The largest absolute Gasteiger partial charge is 0.353 e. The molecule has 290 valence electrons. The molecule has 1 N–H and O–H groups in total. The van der Waals surface area contributed by atoms with Crippen LogP contribution in [0.1, 0.15) is 138 Å². The molecule has 2 atom stereocenters. The second kappa shape index (κ2) is 17.3. The Morgan fingerprint density at radius 3 is 2.18 bits per heavy atom. The molecule has 1 saturated carbocycles. The third-order valence-corrected chi connectivity index (χ3v) is 14.5. The molecule has 1 aromatic heterocycles. The van der Waals surface area contributed by atoms with Crippen LogP contribution in [0.25, 0.3) is 11.3 Å². The van der Waals surface area contributed by atoms with Gasteiger partial charge in [0.2, 0.25) is 5.69 Å². The Hall–Kier alpha value is -4.15. The number of benzene rings is 3. The van der Waals surface area contributed by atoms with Crippen LogP contribution in [0.2, 0.25) is 19.6 Å². The van der Waals surface area contributed by atoms with E-state index in [4.69, 9.17) is 6.58 Å². The van der Waals surface area contributed by atoms with E-state index in [0.717, 1.165) is 36.3 Å². The van der Waals surface area contributed by atoms with Crippen molar-refractivity contribution in [2.24, 2.45) is 0 Å². The van der Waals surface area contributed by atoms with Crippen LogP contribution in [0.4, 0.5) is 17.1 Å². The fourth-order valence-electron chi connectivity index (χ4n) is 9.41. The molecule has 4 aromatic rings. The van der Waals surface area contributed by atoms with E-state index in [1.54, 1.807) is 10.8 Å². The van der Waals surface area contributed by atoms with Crippen molar-refractivity contribution in [3.05, 3.63) is 138 Å². The van der Waals surface area contributed by atoms with Crippen LogP contribution in [0.3, 0.4) is 0 Å². The molecule has 0 amide bonds. The highest BCUT2D eigenvalue weighted by molar-refractivity contribution is 6.89. The zero-order valence-corrected chi connectivity index (χ0v) is 36.5. The summed E-state index contributed by atoms with van der Waals surface area (Å²) in [4.78, 5) is 2.35. The SMILES string of the molecule is C=C(/C=C\C)CCC1c2ccccc2-c2cc(C3CCCCC3)c([Si](C)(C)C)c[n+]2C1CC(=C)N(C)c1ccccc1Nc1c(C(C)C)cccc1C(C)C. The zero-order valence-electron chi connectivity index (χ0n) is 35.5. The summed E-state index contributed by atoms with van der Waals surface area (Å²) in [5.41, 5.74) is 14.4. The van der Waals surface area contributed by atoms with E-state index < -0.39 is 8.07 Å². The summed E-state index contributed by atoms with van der Waals surface area (Å²) >= 11 is 0. The molecule has 0 saturated heterocycles. The van der Waals surface area contributed by atoms with Gasteiger partial charge in [0.05, 0.1) is 25.9 Å². The fraction of sp³-hybridized carbons (Fsp3) is 0.431. The molecule has 6 rings (SSSR count). The molecule has 1 aliphatic heterocycles. The van der Waals surface area contributed by atoms with Crippen LogP contribution in [-0.4, -0.2) is 15.1 Å². The highest BCUT2D eigenvalue weighted by Crippen LogP contribution is 2.46. The van der Waals surface area contributed by atoms with Crippen molar-refractivity contribution in [3.63, 3.8) is 0 Å². The third kappa shape index (κ3) is 8.80. The van der Waals surface area contributed by atoms with Gasteiger partial charge in [-0.2, -0.15) is 4.57 Å². The van der Waals surface area contributed by atoms with Crippen LogP contribution in [0, 0.1) is 0 Å². The minimum atomic E-state index is -1.68. The van der Waals surface area contributed by atoms with Crippen molar-refractivity contribution in [2.75, 3.05) is 17.3 Å². The van der Waals surface area contributed by atoms with Gasteiger partial charge in [-0.25, -0.2) is 0 Å². The maximum atomic E-state index is 4.88. The van der Waals surface area contributed by atoms with Crippen molar-refractivity contribution in [1.29, 1.82) is 0 Å². The lowest BCUT2D eigenvalue weighted by Gasteiger charge is -2.35. The lowest BCUT2D eigenvalue weighted by atomic mass is 9.77. The topological polar surface area (TPSA) is 19.1 Å². The van der Waals surface area contributed by atoms with E-state index in [-0.39, 0.29) is 6.04 Å². The minimum Gasteiger partial charge on any atom is -0.353 e. The Kier molecular flexibility index (Phi) is 12.8. The van der Waals surface area contributed by atoms with E-state index in [9.17, 15) is 0 Å². The standard InChI is InChI=1S/C51H68N3Si/c1-12-21-37(6)30-31-44-42-24-16-17-25-43(42)49-33-45(39-22-14-13-15-23-39)50(55(9,10)11)34-54(49)48(44)32-38(7)53(8)47-29-19-18-28-46(47)52-51-40(35(2)3)26-20-27-41(51)36(4)5/h12,16-21,24-29,33-36,39,44,48,52H,6-7,13-15,22-23,30-32H2,1-5,8-11H3/q+1/b21-12-. The van der Waals surface area contributed by atoms with Crippen molar-refractivity contribution < 1.29 is 4.57 Å². The van der Waals surface area contributed by atoms with Gasteiger partial charge in [0.1, 0.15) is 0 Å². The summed E-state index contributed by atoms with van der Waals surface area (Å²) in [5, 5.41) is 5.60. The average molecular weight is 751 g/mol. The Labute approximate surface area is 335 Å². The van der Waals surface area contributed by atoms with Gasteiger partial charge in [0.25, 0.3) is 0 Å². The van der Waals surface area contributed by atoms with Gasteiger partial charge in [0.15, 0.2) is 12.2 Å². The second-order valence-corrected chi connectivity index (χ2v) is 23.1. The van der Waals surface area contributed by atoms with E-state index >= 15 is 0 Å². The predicted molar refractivity (Wildman–Crippen MR) is 242 cm³/mol. The molecule has 0 spiro atoms. The number of rotatable bonds is 14. The molecule has 55 heavy (non-hydrogen) atoms. The number of nitrogens with zero attached hydrogens (tertiary/aromatic N) is 2. The molecule has 2 unspecified atom stereocenters. The lowest BCUT2D eigenvalue weighted by molar-refractivity contribution is -0.717. The first-order chi connectivity index (χ1) is 26.3. The first-order valence-corrected chi connectivity index (χ1v) is 24.7. The molecule has 0 bridgehead atoms. The molecular formula is C51H68N3Si+. The van der Waals surface area contributed by atoms with E-state index in [1.807, 2.05) is 0 Å². The van der Waals surface area contributed by atoms with E-state index in [0.29, 0.717) is 23.7 Å². The summed E-state index contributed by atoms with van der Waals surface area (Å²) in [7, 11) is 0.532. The van der Waals surface area contributed by atoms with Crippen molar-refractivity contribution in [3.8, 4) is 11.3 Å². The normalized spacial score (nSPS) is 17.4. The fourth-order valence-corrected chi connectivity index (χ4v) is 11.1. The third-order valence-electron chi connectivity index (χ3n) is 12.5. The summed E-state index contributed by atoms with van der Waals surface area (Å²) in [6, 6.07) is 27.7. The molecule has 3 nitrogen and oxygen atoms in total. The lowest BCUT2D eigenvalue weighted by Crippen LogP contribution is -2.54. The highest BCUT2D eigenvalue weighted by atomic mass is 28.3. The van der Waals surface area contributed by atoms with Crippen molar-refractivity contribution in [2.45, 2.75) is 135 Å². The highest BCUT2D eigenvalue weighted by Gasteiger charge is 2.43. The van der Waals surface area contributed by atoms with Gasteiger partial charge < -0.3 is 10.2 Å². The number of nitrogens with one attached hydrogen (secondary N) is 1. The van der Waals surface area contributed by atoms with Crippen LogP contribution in [0.5, 0.6) is 0 Å². The van der Waals surface area contributed by atoms with Gasteiger partial charge in [-0.05, 0) is 90.8 Å². The summed E-state index contributed by atoms with van der Waals surface area (Å²) in [6.07, 6.45) is 16.5. The van der Waals surface area contributed by atoms with Gasteiger partial charge in [-0.15, -0.1) is 0 Å². The molecule has 0 radical (unpaired) electrons. The number of anilines is 3. The predicted octanol–water partition coefficient (Wildman–Crippen LogP) is 13.8. The summed E-state index contributed by atoms with van der Waals surface area (Å²) < 4.78 is 2.71. The smallest absolute Gasteiger partial charge is 0.213 e. The van der Waals surface area contributed by atoms with Crippen molar-refractivity contribution >= 4 is 30.3 Å². The Balaban J connectivity index is 1.44. The molecular weight excluding hydrogens is 683 g/mol. The maximum absolute atomic E-state index is 4.88. The van der Waals surface area contributed by atoms with Crippen LogP contribution >= 0.6 is 0 Å². The first-order valence-electron chi connectivity index (χ1n) is 21.2. The molecule has 1 aliphatic carbocycles. The zero-order chi connectivity index (χ0) is 39.4. The Morgan fingerprint density at radius 2 is 1.53 bits per heavy atom. The quantitative estimate of drug-likeness (QED) is 0.0786. The number of hydrogen-bond acceptors (Lipinski definition) is 2. The average Bonchev–Trinajstić information content (AvgIpc) is 3.17. The molecule has 3 aromatic carbocycles. The first kappa shape index (κ1) is 40.5. The number of allylic oxidation sites excluding steroid dienone is 4. The van der Waals surface area contributed by atoms with Crippen LogP contribution in [-0.2, 0) is 0 Å². The molecule has 2 aliphatic rings. The van der Waals surface area contributed by atoms with Gasteiger partial charge in [-0.3, -0.25) is 0 Å². The summed E-state index contributed by atoms with van der Waals surface area (Å²) in [6.45, 7) is 28.2. The van der Waals surface area contributed by atoms with Crippen LogP contribution in [0.15, 0.2) is 116 Å².